The van der Waals surface area contributed by atoms with Crippen LogP contribution in [0.25, 0.3) is 10.6 Å². The first-order valence-corrected chi connectivity index (χ1v) is 9.42. The lowest BCUT2D eigenvalue weighted by molar-refractivity contribution is -0.123. The highest BCUT2D eigenvalue weighted by Crippen LogP contribution is 2.24. The first-order valence-electron chi connectivity index (χ1n) is 8.54. The monoisotopic (exact) mass is 380 g/mol. The Morgan fingerprint density at radius 1 is 1.11 bits per heavy atom. The summed E-state index contributed by atoms with van der Waals surface area (Å²) in [5.74, 6) is -0.993. The quantitative estimate of drug-likeness (QED) is 0.656. The minimum absolute atomic E-state index is 0.199. The average molecular weight is 380 g/mol. The number of hydrogen-bond donors (Lipinski definition) is 1. The lowest BCUT2D eigenvalue weighted by Gasteiger charge is -2.14. The molecule has 0 spiro atoms. The third-order valence-corrected chi connectivity index (χ3v) is 4.93. The number of rotatable bonds is 5. The fraction of sp³-hybridized carbons (Fsp3) is 0.190. The molecule has 0 radical (unpaired) electrons. The van der Waals surface area contributed by atoms with Crippen LogP contribution in [-0.4, -0.2) is 23.0 Å². The Hall–Kier alpha value is -2.99. The number of thiazole rings is 1. The predicted molar refractivity (Wildman–Crippen MR) is 107 cm³/mol. The van der Waals surface area contributed by atoms with Gasteiger partial charge < -0.3 is 10.1 Å². The molecule has 6 heteroatoms. The van der Waals surface area contributed by atoms with Crippen LogP contribution in [0, 0.1) is 13.8 Å². The van der Waals surface area contributed by atoms with E-state index in [9.17, 15) is 9.59 Å². The number of nitrogens with one attached hydrogen (secondary N) is 1. The molecular weight excluding hydrogens is 360 g/mol. The first-order chi connectivity index (χ1) is 12.9. The Balaban J connectivity index is 1.64. The molecule has 0 unspecified atom stereocenters. The number of carbonyl (C=O) groups excluding carboxylic acids is 2. The summed E-state index contributed by atoms with van der Waals surface area (Å²) in [7, 11) is 0. The van der Waals surface area contributed by atoms with Gasteiger partial charge in [-0.2, -0.15) is 0 Å². The summed E-state index contributed by atoms with van der Waals surface area (Å²) in [5.41, 5.74) is 3.83. The van der Waals surface area contributed by atoms with Crippen LogP contribution in [0.5, 0.6) is 0 Å². The third-order valence-electron chi connectivity index (χ3n) is 4.04. The van der Waals surface area contributed by atoms with E-state index in [0.29, 0.717) is 5.69 Å². The molecule has 0 aliphatic rings. The third kappa shape index (κ3) is 4.60. The molecule has 0 aliphatic carbocycles. The largest absolute Gasteiger partial charge is 0.448 e. The summed E-state index contributed by atoms with van der Waals surface area (Å²) in [4.78, 5) is 29.0. The van der Waals surface area contributed by atoms with Crippen molar-refractivity contribution < 1.29 is 14.3 Å². The van der Waals surface area contributed by atoms with Crippen LogP contribution in [-0.2, 0) is 9.53 Å². The Labute approximate surface area is 162 Å². The van der Waals surface area contributed by atoms with Gasteiger partial charge in [0, 0.05) is 16.6 Å². The van der Waals surface area contributed by atoms with Crippen molar-refractivity contribution in [3.05, 3.63) is 70.7 Å². The summed E-state index contributed by atoms with van der Waals surface area (Å²) < 4.78 is 5.28. The second-order valence-corrected chi connectivity index (χ2v) is 7.12. The van der Waals surface area contributed by atoms with Gasteiger partial charge in [0.15, 0.2) is 11.8 Å². The van der Waals surface area contributed by atoms with Crippen LogP contribution in [0.1, 0.15) is 28.5 Å². The average Bonchev–Trinajstić information content (AvgIpc) is 3.15. The smallest absolute Gasteiger partial charge is 0.358 e. The Morgan fingerprint density at radius 3 is 2.59 bits per heavy atom. The Bertz CT molecular complexity index is 967. The number of anilines is 1. The molecule has 1 amide bonds. The molecular formula is C21H20N2O3S. The van der Waals surface area contributed by atoms with Crippen LogP contribution >= 0.6 is 11.3 Å². The van der Waals surface area contributed by atoms with Gasteiger partial charge in [-0.1, -0.05) is 42.5 Å². The normalized spacial score (nSPS) is 11.7. The Kier molecular flexibility index (Phi) is 5.66. The topological polar surface area (TPSA) is 68.3 Å². The molecule has 0 aliphatic heterocycles. The number of nitrogens with zero attached hydrogens (tertiary/aromatic N) is 1. The van der Waals surface area contributed by atoms with E-state index >= 15 is 0 Å². The molecule has 0 saturated carbocycles. The maximum absolute atomic E-state index is 12.4. The molecule has 1 atom stereocenters. The predicted octanol–water partition coefficient (Wildman–Crippen LogP) is 4.61. The van der Waals surface area contributed by atoms with Crippen LogP contribution < -0.4 is 5.32 Å². The van der Waals surface area contributed by atoms with E-state index in [2.05, 4.69) is 10.3 Å². The second-order valence-electron chi connectivity index (χ2n) is 6.26. The van der Waals surface area contributed by atoms with Crippen molar-refractivity contribution in [3.8, 4) is 10.6 Å². The van der Waals surface area contributed by atoms with Crippen molar-refractivity contribution in [2.24, 2.45) is 0 Å². The van der Waals surface area contributed by atoms with E-state index in [-0.39, 0.29) is 11.6 Å². The van der Waals surface area contributed by atoms with Gasteiger partial charge in [-0.15, -0.1) is 11.3 Å². The molecule has 0 fully saturated rings. The van der Waals surface area contributed by atoms with Crippen LogP contribution in [0.3, 0.4) is 0 Å². The minimum Gasteiger partial charge on any atom is -0.448 e. The molecule has 27 heavy (non-hydrogen) atoms. The highest BCUT2D eigenvalue weighted by Gasteiger charge is 2.21. The maximum atomic E-state index is 12.4. The van der Waals surface area contributed by atoms with E-state index in [1.807, 2.05) is 62.4 Å². The number of esters is 1. The first kappa shape index (κ1) is 18.8. The van der Waals surface area contributed by atoms with E-state index in [1.165, 1.54) is 11.3 Å². The zero-order valence-corrected chi connectivity index (χ0v) is 16.2. The molecule has 0 bridgehead atoms. The summed E-state index contributed by atoms with van der Waals surface area (Å²) in [6.45, 7) is 5.40. The zero-order chi connectivity index (χ0) is 19.4. The number of aromatic nitrogens is 1. The van der Waals surface area contributed by atoms with Gasteiger partial charge in [-0.05, 0) is 38.0 Å². The molecule has 3 aromatic rings. The molecule has 1 heterocycles. The maximum Gasteiger partial charge on any atom is 0.358 e. The second kappa shape index (κ2) is 8.14. The Morgan fingerprint density at radius 2 is 1.85 bits per heavy atom. The molecule has 1 N–H and O–H groups in total. The number of aryl methyl sites for hydroxylation is 2. The number of carbonyl (C=O) groups is 2. The minimum atomic E-state index is -0.931. The van der Waals surface area contributed by atoms with Gasteiger partial charge in [-0.3, -0.25) is 4.79 Å². The van der Waals surface area contributed by atoms with Crippen molar-refractivity contribution in [3.63, 3.8) is 0 Å². The van der Waals surface area contributed by atoms with E-state index in [4.69, 9.17) is 4.74 Å². The van der Waals surface area contributed by atoms with Crippen molar-refractivity contribution in [2.75, 3.05) is 5.32 Å². The van der Waals surface area contributed by atoms with Crippen molar-refractivity contribution in [2.45, 2.75) is 26.9 Å². The van der Waals surface area contributed by atoms with Crippen LogP contribution in [0.2, 0.25) is 0 Å². The standard InChI is InChI=1S/C21H20N2O3S/c1-13-9-10-14(2)17(11-13)22-19(24)15(3)26-21(25)18-12-27-20(23-18)16-7-5-4-6-8-16/h4-12,15H,1-3H3,(H,22,24)/t15-/m1/s1. The lowest BCUT2D eigenvalue weighted by atomic mass is 10.1. The fourth-order valence-corrected chi connectivity index (χ4v) is 3.26. The molecule has 1 aromatic heterocycles. The van der Waals surface area contributed by atoms with Gasteiger partial charge in [0.1, 0.15) is 5.01 Å². The van der Waals surface area contributed by atoms with E-state index in [1.54, 1.807) is 12.3 Å². The van der Waals surface area contributed by atoms with E-state index in [0.717, 1.165) is 21.7 Å². The molecule has 0 saturated heterocycles. The van der Waals surface area contributed by atoms with Gasteiger partial charge in [0.05, 0.1) is 0 Å². The lowest BCUT2D eigenvalue weighted by Crippen LogP contribution is -2.30. The summed E-state index contributed by atoms with van der Waals surface area (Å²) in [5, 5.41) is 5.18. The molecule has 2 aromatic carbocycles. The van der Waals surface area contributed by atoms with Gasteiger partial charge in [0.2, 0.25) is 0 Å². The van der Waals surface area contributed by atoms with Crippen LogP contribution in [0.15, 0.2) is 53.9 Å². The number of hydrogen-bond acceptors (Lipinski definition) is 5. The SMILES string of the molecule is Cc1ccc(C)c(NC(=O)[C@@H](C)OC(=O)c2csc(-c3ccccc3)n2)c1. The van der Waals surface area contributed by atoms with Gasteiger partial charge in [0.25, 0.3) is 5.91 Å². The summed E-state index contributed by atoms with van der Waals surface area (Å²) >= 11 is 1.36. The highest BCUT2D eigenvalue weighted by atomic mass is 32.1. The zero-order valence-electron chi connectivity index (χ0n) is 15.4. The summed E-state index contributed by atoms with van der Waals surface area (Å²) in [6.07, 6.45) is -0.931. The number of amides is 1. The summed E-state index contributed by atoms with van der Waals surface area (Å²) in [6, 6.07) is 15.4. The fourth-order valence-electron chi connectivity index (χ4n) is 2.46. The van der Waals surface area contributed by atoms with Crippen molar-refractivity contribution in [1.29, 1.82) is 0 Å². The number of benzene rings is 2. The molecule has 5 nitrogen and oxygen atoms in total. The van der Waals surface area contributed by atoms with Crippen molar-refractivity contribution in [1.82, 2.24) is 4.98 Å². The van der Waals surface area contributed by atoms with Gasteiger partial charge in [-0.25, -0.2) is 9.78 Å². The number of ether oxygens (including phenoxy) is 1. The molecule has 3 rings (SSSR count). The highest BCUT2D eigenvalue weighted by molar-refractivity contribution is 7.13. The molecule has 138 valence electrons. The van der Waals surface area contributed by atoms with Gasteiger partial charge >= 0.3 is 5.97 Å². The van der Waals surface area contributed by atoms with Crippen LogP contribution in [0.4, 0.5) is 5.69 Å². The van der Waals surface area contributed by atoms with Crippen molar-refractivity contribution >= 4 is 28.9 Å². The van der Waals surface area contributed by atoms with E-state index < -0.39 is 12.1 Å².